The number of ether oxygens (including phenoxy) is 1. The highest BCUT2D eigenvalue weighted by atomic mass is 16.5. The molecule has 0 fully saturated rings. The molecule has 1 unspecified atom stereocenters. The second-order valence-electron chi connectivity index (χ2n) is 8.07. The van der Waals surface area contributed by atoms with Crippen molar-refractivity contribution in [2.75, 3.05) is 0 Å². The Morgan fingerprint density at radius 2 is 1.18 bits per heavy atom. The molecule has 0 spiro atoms. The van der Waals surface area contributed by atoms with Gasteiger partial charge in [-0.1, -0.05) is 72.8 Å². The molecule has 0 amide bonds. The fourth-order valence-electron chi connectivity index (χ4n) is 5.38. The Morgan fingerprint density at radius 1 is 0.750 bits per heavy atom. The lowest BCUT2D eigenvalue weighted by molar-refractivity contribution is -0.148. The van der Waals surface area contributed by atoms with Crippen molar-refractivity contribution in [2.24, 2.45) is 0 Å². The molecule has 4 aromatic rings. The Hall–Kier alpha value is -3.13. The molecule has 3 aliphatic rings. The van der Waals surface area contributed by atoms with E-state index in [1.807, 2.05) is 0 Å². The lowest BCUT2D eigenvalue weighted by atomic mass is 9.61. The minimum Gasteiger partial charge on any atom is -0.462 e. The molecule has 28 heavy (non-hydrogen) atoms. The number of benzene rings is 4. The zero-order valence-electron chi connectivity index (χ0n) is 15.7. The summed E-state index contributed by atoms with van der Waals surface area (Å²) in [5.41, 5.74) is 5.44. The number of esters is 1. The molecule has 136 valence electrons. The maximum absolute atomic E-state index is 11.8. The fourth-order valence-corrected chi connectivity index (χ4v) is 5.38. The number of carbonyl (C=O) groups excluding carboxylic acids is 1. The zero-order valence-corrected chi connectivity index (χ0v) is 15.7. The molecular formula is C26H20O2. The summed E-state index contributed by atoms with van der Waals surface area (Å²) in [6.45, 7) is 1.52. The predicted octanol–water partition coefficient (Wildman–Crippen LogP) is 5.91. The highest BCUT2D eigenvalue weighted by Gasteiger charge is 2.45. The van der Waals surface area contributed by atoms with Crippen molar-refractivity contribution in [3.8, 4) is 0 Å². The molecule has 0 saturated carbocycles. The molecule has 0 saturated heterocycles. The summed E-state index contributed by atoms with van der Waals surface area (Å²) in [6, 6.07) is 26.4. The third-order valence-corrected chi connectivity index (χ3v) is 6.48. The quantitative estimate of drug-likeness (QED) is 0.393. The smallest absolute Gasteiger partial charge is 0.302 e. The number of carbonyl (C=O) groups is 1. The van der Waals surface area contributed by atoms with E-state index in [0.717, 1.165) is 6.42 Å². The van der Waals surface area contributed by atoms with E-state index in [2.05, 4.69) is 72.8 Å². The van der Waals surface area contributed by atoms with Crippen LogP contribution in [0.15, 0.2) is 72.8 Å². The van der Waals surface area contributed by atoms with Gasteiger partial charge in [0, 0.05) is 18.8 Å². The molecular weight excluding hydrogens is 344 g/mol. The van der Waals surface area contributed by atoms with Crippen LogP contribution in [0.3, 0.4) is 0 Å². The van der Waals surface area contributed by atoms with Crippen LogP contribution >= 0.6 is 0 Å². The first-order valence-electron chi connectivity index (χ1n) is 9.91. The molecule has 3 aliphatic carbocycles. The van der Waals surface area contributed by atoms with E-state index in [-0.39, 0.29) is 23.9 Å². The maximum Gasteiger partial charge on any atom is 0.302 e. The largest absolute Gasteiger partial charge is 0.462 e. The minimum absolute atomic E-state index is 0.0928. The highest BCUT2D eigenvalue weighted by molar-refractivity contribution is 5.88. The van der Waals surface area contributed by atoms with Gasteiger partial charge in [-0.3, -0.25) is 4.79 Å². The van der Waals surface area contributed by atoms with Gasteiger partial charge < -0.3 is 4.74 Å². The summed E-state index contributed by atoms with van der Waals surface area (Å²) >= 11 is 0. The van der Waals surface area contributed by atoms with Gasteiger partial charge in [-0.2, -0.15) is 0 Å². The van der Waals surface area contributed by atoms with Gasteiger partial charge >= 0.3 is 5.97 Å². The van der Waals surface area contributed by atoms with Crippen molar-refractivity contribution in [1.29, 1.82) is 0 Å². The molecule has 0 N–H and O–H groups in total. The monoisotopic (exact) mass is 364 g/mol. The summed E-state index contributed by atoms with van der Waals surface area (Å²) in [5, 5.41) is 5.05. The van der Waals surface area contributed by atoms with Crippen LogP contribution in [0.4, 0.5) is 0 Å². The molecule has 0 aromatic heterocycles. The van der Waals surface area contributed by atoms with Gasteiger partial charge in [0.2, 0.25) is 0 Å². The van der Waals surface area contributed by atoms with E-state index >= 15 is 0 Å². The number of hydrogen-bond acceptors (Lipinski definition) is 2. The maximum atomic E-state index is 11.8. The van der Waals surface area contributed by atoms with Crippen molar-refractivity contribution in [2.45, 2.75) is 31.3 Å². The molecule has 7 rings (SSSR count). The van der Waals surface area contributed by atoms with Crippen LogP contribution in [0.5, 0.6) is 0 Å². The lowest BCUT2D eigenvalue weighted by Gasteiger charge is -2.45. The number of fused-ring (bicyclic) bond motifs is 3. The van der Waals surface area contributed by atoms with Crippen molar-refractivity contribution < 1.29 is 9.53 Å². The van der Waals surface area contributed by atoms with Crippen LogP contribution in [0.2, 0.25) is 0 Å². The summed E-state index contributed by atoms with van der Waals surface area (Å²) in [7, 11) is 0. The van der Waals surface area contributed by atoms with Crippen LogP contribution in [-0.4, -0.2) is 12.1 Å². The molecule has 0 heterocycles. The van der Waals surface area contributed by atoms with Crippen molar-refractivity contribution in [3.05, 3.63) is 95.1 Å². The van der Waals surface area contributed by atoms with Gasteiger partial charge in [-0.15, -0.1) is 0 Å². The van der Waals surface area contributed by atoms with E-state index in [0.29, 0.717) is 0 Å². The highest BCUT2D eigenvalue weighted by Crippen LogP contribution is 2.55. The Balaban J connectivity index is 1.64. The average Bonchev–Trinajstić information content (AvgIpc) is 2.70. The lowest BCUT2D eigenvalue weighted by Crippen LogP contribution is -2.38. The standard InChI is InChI=1S/C26H20O2/c1-15(27)28-25-14-22-20-10-16-6-2-4-8-18(16)12-23(20)26(25)24-13-19-9-5-3-7-17(19)11-21(22)24/h2-13,22,25-26H,14H2,1H3. The first-order valence-corrected chi connectivity index (χ1v) is 9.91. The molecule has 0 radical (unpaired) electrons. The Labute approximate surface area is 163 Å². The third kappa shape index (κ3) is 2.18. The van der Waals surface area contributed by atoms with Crippen molar-refractivity contribution >= 4 is 27.5 Å². The van der Waals surface area contributed by atoms with Gasteiger partial charge in [0.15, 0.2) is 0 Å². The van der Waals surface area contributed by atoms with Crippen LogP contribution < -0.4 is 0 Å². The molecule has 2 heteroatoms. The van der Waals surface area contributed by atoms with Crippen LogP contribution in [0.1, 0.15) is 47.4 Å². The normalized spacial score (nSPS) is 22.1. The number of hydrogen-bond donors (Lipinski definition) is 0. The summed E-state index contributed by atoms with van der Waals surface area (Å²) in [4.78, 5) is 11.8. The third-order valence-electron chi connectivity index (χ3n) is 6.48. The molecule has 4 aromatic carbocycles. The van der Waals surface area contributed by atoms with Gasteiger partial charge in [0.25, 0.3) is 0 Å². The van der Waals surface area contributed by atoms with Crippen LogP contribution in [0, 0.1) is 0 Å². The molecule has 2 nitrogen and oxygen atoms in total. The topological polar surface area (TPSA) is 26.3 Å². The molecule has 2 bridgehead atoms. The summed E-state index contributed by atoms with van der Waals surface area (Å²) < 4.78 is 5.82. The zero-order chi connectivity index (χ0) is 18.8. The van der Waals surface area contributed by atoms with E-state index in [1.165, 1.54) is 50.7 Å². The van der Waals surface area contributed by atoms with Crippen LogP contribution in [-0.2, 0) is 9.53 Å². The second kappa shape index (κ2) is 5.68. The van der Waals surface area contributed by atoms with Gasteiger partial charge in [-0.05, 0) is 50.2 Å². The van der Waals surface area contributed by atoms with Crippen molar-refractivity contribution in [3.63, 3.8) is 0 Å². The average molecular weight is 364 g/mol. The van der Waals surface area contributed by atoms with Gasteiger partial charge in [0.05, 0.1) is 0 Å². The minimum atomic E-state index is -0.192. The SMILES string of the molecule is CC(=O)OC1CC2c3cc4ccccc4cc3C1c1cc3ccccc3cc12. The Bertz CT molecular complexity index is 1180. The Kier molecular flexibility index (Phi) is 3.22. The second-order valence-corrected chi connectivity index (χ2v) is 8.07. The summed E-state index contributed by atoms with van der Waals surface area (Å²) in [6.07, 6.45) is 0.769. The molecule has 1 atom stereocenters. The Morgan fingerprint density at radius 3 is 1.61 bits per heavy atom. The molecule has 0 aliphatic heterocycles. The first kappa shape index (κ1) is 15.9. The van der Waals surface area contributed by atoms with E-state index in [4.69, 9.17) is 4.74 Å². The summed E-state index contributed by atoms with van der Waals surface area (Å²) in [5.74, 6) is 0.184. The van der Waals surface area contributed by atoms with Crippen molar-refractivity contribution in [1.82, 2.24) is 0 Å². The van der Waals surface area contributed by atoms with Crippen LogP contribution in [0.25, 0.3) is 21.5 Å². The van der Waals surface area contributed by atoms with Gasteiger partial charge in [0.1, 0.15) is 6.10 Å². The first-order chi connectivity index (χ1) is 13.7. The number of rotatable bonds is 1. The van der Waals surface area contributed by atoms with E-state index < -0.39 is 0 Å². The predicted molar refractivity (Wildman–Crippen MR) is 112 cm³/mol. The van der Waals surface area contributed by atoms with Gasteiger partial charge in [-0.25, -0.2) is 0 Å². The van der Waals surface area contributed by atoms with E-state index in [9.17, 15) is 4.79 Å². The van der Waals surface area contributed by atoms with E-state index in [1.54, 1.807) is 0 Å². The fraction of sp³-hybridized carbons (Fsp3) is 0.192.